The lowest BCUT2D eigenvalue weighted by Crippen LogP contribution is -2.37. The fourth-order valence-corrected chi connectivity index (χ4v) is 3.35. The summed E-state index contributed by atoms with van der Waals surface area (Å²) in [6.07, 6.45) is -5.71. The van der Waals surface area contributed by atoms with Crippen LogP contribution in [0.4, 0.5) is 5.82 Å². The lowest BCUT2D eigenvalue weighted by atomic mass is 10.1. The molecule has 0 radical (unpaired) electrons. The summed E-state index contributed by atoms with van der Waals surface area (Å²) in [5, 5.41) is 20.6. The minimum Gasteiger partial charge on any atom is -0.462 e. The summed E-state index contributed by atoms with van der Waals surface area (Å²) in [4.78, 5) is 32.5. The number of nitrogen functional groups attached to an aromatic ring is 1. The number of aliphatic hydroxyl groups excluding tert-OH is 2. The first-order valence-electron chi connectivity index (χ1n) is 8.57. The standard InChI is InChI=1S/C14H19ClN5O9P/c1-2-26-12(23)13(29-30(24)25)27-3-5-7(21)8(22)11(28-5)20-4-17-6-9(16)18-14(15)19-10(6)20/h4-5,7-8,11,13,21-22,30H,2-3H2,1H3,(H,24,25)(H2,16,18,19)/t5-,7-,8-,11-,13?/m1/s1. The fraction of sp³-hybridized carbons (Fsp3) is 0.571. The van der Waals surface area contributed by atoms with E-state index in [4.69, 9.17) is 36.4 Å². The van der Waals surface area contributed by atoms with Crippen molar-refractivity contribution in [2.24, 2.45) is 0 Å². The number of imidazole rings is 1. The average molecular weight is 468 g/mol. The van der Waals surface area contributed by atoms with Crippen LogP contribution in [0.3, 0.4) is 0 Å². The molecule has 1 aliphatic heterocycles. The van der Waals surface area contributed by atoms with E-state index in [1.807, 2.05) is 0 Å². The monoisotopic (exact) mass is 467 g/mol. The topological polar surface area (TPSA) is 201 Å². The molecule has 2 aromatic heterocycles. The van der Waals surface area contributed by atoms with Crippen LogP contribution in [0, 0.1) is 0 Å². The zero-order chi connectivity index (χ0) is 22.0. The highest BCUT2D eigenvalue weighted by atomic mass is 35.5. The molecule has 0 saturated carbocycles. The molecule has 16 heteroatoms. The van der Waals surface area contributed by atoms with Gasteiger partial charge in [-0.15, -0.1) is 0 Å². The van der Waals surface area contributed by atoms with Crippen LogP contribution in [-0.4, -0.2) is 78.4 Å². The Hall–Kier alpha value is -1.90. The lowest BCUT2D eigenvalue weighted by Gasteiger charge is -2.19. The quantitative estimate of drug-likeness (QED) is 0.159. The van der Waals surface area contributed by atoms with Crippen LogP contribution >= 0.6 is 19.9 Å². The highest BCUT2D eigenvalue weighted by Crippen LogP contribution is 2.33. The maximum atomic E-state index is 11.8. The molecule has 30 heavy (non-hydrogen) atoms. The number of fused-ring (bicyclic) bond motifs is 1. The summed E-state index contributed by atoms with van der Waals surface area (Å²) in [5.41, 5.74) is 6.13. The molecule has 0 aliphatic carbocycles. The predicted molar refractivity (Wildman–Crippen MR) is 99.3 cm³/mol. The summed E-state index contributed by atoms with van der Waals surface area (Å²) >= 11 is 5.82. The molecular weight excluding hydrogens is 449 g/mol. The number of nitrogens with zero attached hydrogens (tertiary/aromatic N) is 4. The summed E-state index contributed by atoms with van der Waals surface area (Å²) in [7, 11) is -3.52. The van der Waals surface area contributed by atoms with E-state index < -0.39 is 51.7 Å². The van der Waals surface area contributed by atoms with Crippen LogP contribution in [0.5, 0.6) is 0 Å². The molecule has 0 amide bonds. The van der Waals surface area contributed by atoms with E-state index in [1.165, 1.54) is 17.8 Å². The van der Waals surface area contributed by atoms with Crippen molar-refractivity contribution in [2.45, 2.75) is 37.8 Å². The van der Waals surface area contributed by atoms with Crippen LogP contribution < -0.4 is 5.73 Å². The van der Waals surface area contributed by atoms with Gasteiger partial charge in [0, 0.05) is 0 Å². The van der Waals surface area contributed by atoms with Gasteiger partial charge in [0.05, 0.1) is 19.5 Å². The summed E-state index contributed by atoms with van der Waals surface area (Å²) in [6, 6.07) is 0. The van der Waals surface area contributed by atoms with Gasteiger partial charge in [-0.05, 0) is 18.5 Å². The van der Waals surface area contributed by atoms with Crippen LogP contribution in [-0.2, 0) is 28.1 Å². The maximum Gasteiger partial charge on any atom is 0.363 e. The van der Waals surface area contributed by atoms with E-state index in [2.05, 4.69) is 19.5 Å². The predicted octanol–water partition coefficient (Wildman–Crippen LogP) is -1.01. The Morgan fingerprint density at radius 1 is 1.43 bits per heavy atom. The number of nitrogens with two attached hydrogens (primary N) is 1. The number of anilines is 1. The fourth-order valence-electron chi connectivity index (χ4n) is 2.83. The summed E-state index contributed by atoms with van der Waals surface area (Å²) in [5.74, 6) is -1.01. The summed E-state index contributed by atoms with van der Waals surface area (Å²) in [6.45, 7) is 1.04. The third-order valence-corrected chi connectivity index (χ3v) is 4.72. The van der Waals surface area contributed by atoms with Crippen LogP contribution in [0.1, 0.15) is 13.2 Å². The zero-order valence-corrected chi connectivity index (χ0v) is 17.2. The zero-order valence-electron chi connectivity index (χ0n) is 15.4. The number of hydrogen-bond acceptors (Lipinski definition) is 12. The molecule has 3 rings (SSSR count). The van der Waals surface area contributed by atoms with Crippen molar-refractivity contribution in [1.82, 2.24) is 19.5 Å². The normalized spacial score (nSPS) is 26.0. The molecule has 5 N–H and O–H groups in total. The van der Waals surface area contributed by atoms with Gasteiger partial charge in [-0.1, -0.05) is 0 Å². The van der Waals surface area contributed by atoms with Crippen molar-refractivity contribution in [3.8, 4) is 0 Å². The van der Waals surface area contributed by atoms with Gasteiger partial charge in [0.15, 0.2) is 17.7 Å². The molecule has 1 aliphatic rings. The molecule has 1 saturated heterocycles. The number of rotatable bonds is 8. The molecule has 1 fully saturated rings. The lowest BCUT2D eigenvalue weighted by molar-refractivity contribution is -0.185. The van der Waals surface area contributed by atoms with Crippen LogP contribution in [0.2, 0.25) is 5.28 Å². The van der Waals surface area contributed by atoms with Gasteiger partial charge in [0.2, 0.25) is 5.28 Å². The highest BCUT2D eigenvalue weighted by molar-refractivity contribution is 7.32. The highest BCUT2D eigenvalue weighted by Gasteiger charge is 2.45. The third-order valence-electron chi connectivity index (χ3n) is 4.13. The van der Waals surface area contributed by atoms with Crippen molar-refractivity contribution < 1.29 is 43.2 Å². The molecule has 2 aromatic rings. The Balaban J connectivity index is 1.75. The van der Waals surface area contributed by atoms with E-state index in [0.29, 0.717) is 0 Å². The van der Waals surface area contributed by atoms with Crippen LogP contribution in [0.15, 0.2) is 6.33 Å². The van der Waals surface area contributed by atoms with Crippen molar-refractivity contribution >= 4 is 42.8 Å². The third kappa shape index (κ3) is 4.71. The van der Waals surface area contributed by atoms with Crippen molar-refractivity contribution in [3.63, 3.8) is 0 Å². The number of ether oxygens (including phenoxy) is 3. The van der Waals surface area contributed by atoms with Gasteiger partial charge >= 0.3 is 14.2 Å². The van der Waals surface area contributed by atoms with Gasteiger partial charge in [0.1, 0.15) is 23.8 Å². The number of aromatic nitrogens is 4. The molecule has 0 aromatic carbocycles. The Labute approximate surface area is 174 Å². The molecule has 0 bridgehead atoms. The number of carbonyl (C=O) groups is 1. The molecule has 14 nitrogen and oxygen atoms in total. The largest absolute Gasteiger partial charge is 0.462 e. The number of hydrogen-bond donors (Lipinski definition) is 4. The van der Waals surface area contributed by atoms with Gasteiger partial charge in [-0.25, -0.2) is 9.78 Å². The van der Waals surface area contributed by atoms with E-state index >= 15 is 0 Å². The molecule has 0 spiro atoms. The minimum absolute atomic E-state index is 0.0149. The average Bonchev–Trinajstić information content (AvgIpc) is 3.21. The van der Waals surface area contributed by atoms with E-state index in [1.54, 1.807) is 0 Å². The first-order chi connectivity index (χ1) is 14.2. The molecule has 3 heterocycles. The van der Waals surface area contributed by atoms with Crippen molar-refractivity contribution in [2.75, 3.05) is 18.9 Å². The Kier molecular flexibility index (Phi) is 7.21. The Bertz CT molecular complexity index is 946. The van der Waals surface area contributed by atoms with E-state index in [0.717, 1.165) is 0 Å². The van der Waals surface area contributed by atoms with Crippen molar-refractivity contribution in [3.05, 3.63) is 11.6 Å². The molecule has 166 valence electrons. The smallest absolute Gasteiger partial charge is 0.363 e. The van der Waals surface area contributed by atoms with Gasteiger partial charge in [-0.3, -0.25) is 13.7 Å². The second-order valence-electron chi connectivity index (χ2n) is 6.05. The molecule has 6 atom stereocenters. The second kappa shape index (κ2) is 9.49. The Morgan fingerprint density at radius 2 is 2.17 bits per heavy atom. The number of aliphatic hydroxyl groups is 2. The van der Waals surface area contributed by atoms with Crippen molar-refractivity contribution in [1.29, 1.82) is 0 Å². The first-order valence-corrected chi connectivity index (χ1v) is 10.2. The number of halogens is 1. The maximum absolute atomic E-state index is 11.8. The Morgan fingerprint density at radius 3 is 2.83 bits per heavy atom. The summed E-state index contributed by atoms with van der Waals surface area (Å²) < 4.78 is 32.2. The minimum atomic E-state index is -3.52. The SMILES string of the molecule is CCOC(=O)C(OC[C@H]1O[C@@H](n2cnc3c(N)nc(Cl)nc32)[C@H](O)[C@@H]1O)O[PH](=O)O. The second-order valence-corrected chi connectivity index (χ2v) is 7.15. The molecule has 2 unspecified atom stereocenters. The van der Waals surface area contributed by atoms with Crippen LogP contribution in [0.25, 0.3) is 11.2 Å². The number of carbonyl (C=O) groups excluding carboxylic acids is 1. The van der Waals surface area contributed by atoms with E-state index in [-0.39, 0.29) is 28.9 Å². The molecular formula is C14H19ClN5O9P. The number of esters is 1. The van der Waals surface area contributed by atoms with Gasteiger partial charge < -0.3 is 35.1 Å². The first kappa shape index (κ1) is 22.8. The van der Waals surface area contributed by atoms with Gasteiger partial charge in [0.25, 0.3) is 6.29 Å². The van der Waals surface area contributed by atoms with E-state index in [9.17, 15) is 19.6 Å². The van der Waals surface area contributed by atoms with Gasteiger partial charge in [-0.2, -0.15) is 9.97 Å².